The number of rotatable bonds is 8. The van der Waals surface area contributed by atoms with Gasteiger partial charge >= 0.3 is 5.97 Å². The Morgan fingerprint density at radius 1 is 1.38 bits per heavy atom. The molecule has 0 spiro atoms. The van der Waals surface area contributed by atoms with Crippen LogP contribution in [0.25, 0.3) is 0 Å². The SMILES string of the molecule is CCC(CC)N(CCO)CC(C)=CC(=O)O. The lowest BCUT2D eigenvalue weighted by Crippen LogP contribution is -2.37. The molecule has 4 heteroatoms. The van der Waals surface area contributed by atoms with Crippen LogP contribution in [0.2, 0.25) is 0 Å². The largest absolute Gasteiger partial charge is 0.478 e. The predicted octanol–water partition coefficient (Wildman–Crippen LogP) is 1.50. The van der Waals surface area contributed by atoms with Gasteiger partial charge in [0.15, 0.2) is 0 Å². The van der Waals surface area contributed by atoms with E-state index in [1.807, 2.05) is 0 Å². The van der Waals surface area contributed by atoms with Crippen LogP contribution < -0.4 is 0 Å². The van der Waals surface area contributed by atoms with Crippen molar-refractivity contribution >= 4 is 5.97 Å². The number of hydrogen-bond donors (Lipinski definition) is 2. The molecule has 0 aliphatic heterocycles. The first-order chi connectivity index (χ1) is 7.54. The van der Waals surface area contributed by atoms with Gasteiger partial charge in [-0.05, 0) is 19.8 Å². The minimum absolute atomic E-state index is 0.108. The Morgan fingerprint density at radius 2 is 1.94 bits per heavy atom. The van der Waals surface area contributed by atoms with Crippen molar-refractivity contribution in [2.24, 2.45) is 0 Å². The third-order valence-electron chi connectivity index (χ3n) is 2.67. The Hall–Kier alpha value is -0.870. The number of nitrogens with zero attached hydrogens (tertiary/aromatic N) is 1. The molecule has 0 aliphatic rings. The lowest BCUT2D eigenvalue weighted by atomic mass is 10.1. The summed E-state index contributed by atoms with van der Waals surface area (Å²) in [5, 5.41) is 17.6. The van der Waals surface area contributed by atoms with E-state index in [1.165, 1.54) is 6.08 Å². The molecule has 0 heterocycles. The van der Waals surface area contributed by atoms with Gasteiger partial charge in [-0.1, -0.05) is 19.4 Å². The molecule has 0 aromatic rings. The molecule has 16 heavy (non-hydrogen) atoms. The van der Waals surface area contributed by atoms with Gasteiger partial charge in [0.05, 0.1) is 6.61 Å². The van der Waals surface area contributed by atoms with E-state index in [4.69, 9.17) is 10.2 Å². The minimum atomic E-state index is -0.911. The van der Waals surface area contributed by atoms with Gasteiger partial charge in [0, 0.05) is 25.2 Å². The Labute approximate surface area is 97.6 Å². The van der Waals surface area contributed by atoms with Crippen molar-refractivity contribution in [3.05, 3.63) is 11.6 Å². The number of aliphatic carboxylic acids is 1. The number of carbonyl (C=O) groups is 1. The highest BCUT2D eigenvalue weighted by molar-refractivity contribution is 5.80. The molecule has 2 N–H and O–H groups in total. The maximum absolute atomic E-state index is 10.5. The summed E-state index contributed by atoms with van der Waals surface area (Å²) < 4.78 is 0. The third-order valence-corrected chi connectivity index (χ3v) is 2.67. The molecule has 0 aromatic heterocycles. The minimum Gasteiger partial charge on any atom is -0.478 e. The summed E-state index contributed by atoms with van der Waals surface area (Å²) in [5.74, 6) is -0.911. The fourth-order valence-corrected chi connectivity index (χ4v) is 1.90. The van der Waals surface area contributed by atoms with Crippen LogP contribution in [0.15, 0.2) is 11.6 Å². The molecule has 0 fully saturated rings. The summed E-state index contributed by atoms with van der Waals surface area (Å²) in [6, 6.07) is 0.407. The van der Waals surface area contributed by atoms with E-state index < -0.39 is 5.97 Å². The topological polar surface area (TPSA) is 60.8 Å². The number of hydrogen-bond acceptors (Lipinski definition) is 3. The van der Waals surface area contributed by atoms with Crippen LogP contribution >= 0.6 is 0 Å². The van der Waals surface area contributed by atoms with Crippen molar-refractivity contribution in [2.45, 2.75) is 39.7 Å². The zero-order valence-electron chi connectivity index (χ0n) is 10.4. The van der Waals surface area contributed by atoms with Crippen molar-refractivity contribution in [3.8, 4) is 0 Å². The number of carboxylic acid groups (broad SMARTS) is 1. The van der Waals surface area contributed by atoms with Crippen molar-refractivity contribution in [1.29, 1.82) is 0 Å². The number of aliphatic hydroxyl groups excluding tert-OH is 1. The lowest BCUT2D eigenvalue weighted by Gasteiger charge is -2.29. The number of carboxylic acids is 1. The average Bonchev–Trinajstić information content (AvgIpc) is 2.18. The molecule has 0 bridgehead atoms. The van der Waals surface area contributed by atoms with E-state index in [0.717, 1.165) is 18.4 Å². The summed E-state index contributed by atoms with van der Waals surface area (Å²) in [5.41, 5.74) is 0.813. The van der Waals surface area contributed by atoms with E-state index in [-0.39, 0.29) is 6.61 Å². The van der Waals surface area contributed by atoms with E-state index in [0.29, 0.717) is 19.1 Å². The monoisotopic (exact) mass is 229 g/mol. The van der Waals surface area contributed by atoms with Gasteiger partial charge in [-0.25, -0.2) is 4.79 Å². The van der Waals surface area contributed by atoms with Gasteiger partial charge in [0.1, 0.15) is 0 Å². The third kappa shape index (κ3) is 5.88. The van der Waals surface area contributed by atoms with Crippen LogP contribution in [0.1, 0.15) is 33.6 Å². The van der Waals surface area contributed by atoms with E-state index in [1.54, 1.807) is 6.92 Å². The van der Waals surface area contributed by atoms with Gasteiger partial charge in [0.25, 0.3) is 0 Å². The summed E-state index contributed by atoms with van der Waals surface area (Å²) >= 11 is 0. The summed E-state index contributed by atoms with van der Waals surface area (Å²) in [7, 11) is 0. The number of aliphatic hydroxyl groups is 1. The molecule has 94 valence electrons. The van der Waals surface area contributed by atoms with Gasteiger partial charge in [-0.15, -0.1) is 0 Å². The fourth-order valence-electron chi connectivity index (χ4n) is 1.90. The Bertz CT molecular complexity index is 234. The van der Waals surface area contributed by atoms with Gasteiger partial charge in [-0.3, -0.25) is 4.90 Å². The van der Waals surface area contributed by atoms with Crippen molar-refractivity contribution in [2.75, 3.05) is 19.7 Å². The van der Waals surface area contributed by atoms with Crippen molar-refractivity contribution in [3.63, 3.8) is 0 Å². The molecule has 0 atom stereocenters. The van der Waals surface area contributed by atoms with Crippen LogP contribution in [0, 0.1) is 0 Å². The van der Waals surface area contributed by atoms with Gasteiger partial charge < -0.3 is 10.2 Å². The molecule has 0 saturated heterocycles. The second kappa shape index (κ2) is 8.30. The molecular weight excluding hydrogens is 206 g/mol. The van der Waals surface area contributed by atoms with E-state index in [2.05, 4.69) is 18.7 Å². The molecule has 0 amide bonds. The Kier molecular flexibility index (Phi) is 7.85. The highest BCUT2D eigenvalue weighted by atomic mass is 16.4. The predicted molar refractivity (Wildman–Crippen MR) is 64.4 cm³/mol. The molecule has 0 saturated carbocycles. The lowest BCUT2D eigenvalue weighted by molar-refractivity contribution is -0.131. The molecule has 0 aromatic carbocycles. The maximum atomic E-state index is 10.5. The van der Waals surface area contributed by atoms with Crippen LogP contribution in [-0.4, -0.2) is 46.8 Å². The second-order valence-corrected chi connectivity index (χ2v) is 3.99. The molecular formula is C12H23NO3. The molecule has 4 nitrogen and oxygen atoms in total. The van der Waals surface area contributed by atoms with Crippen LogP contribution in [0.3, 0.4) is 0 Å². The zero-order chi connectivity index (χ0) is 12.6. The molecule has 0 radical (unpaired) electrons. The van der Waals surface area contributed by atoms with Crippen LogP contribution in [-0.2, 0) is 4.79 Å². The first kappa shape index (κ1) is 15.1. The summed E-state index contributed by atoms with van der Waals surface area (Å²) in [6.45, 7) is 7.33. The molecule has 0 unspecified atom stereocenters. The summed E-state index contributed by atoms with van der Waals surface area (Å²) in [4.78, 5) is 12.6. The summed E-state index contributed by atoms with van der Waals surface area (Å²) in [6.07, 6.45) is 3.25. The first-order valence-corrected chi connectivity index (χ1v) is 5.80. The fraction of sp³-hybridized carbons (Fsp3) is 0.750. The quantitative estimate of drug-likeness (QED) is 0.619. The van der Waals surface area contributed by atoms with Crippen LogP contribution in [0.4, 0.5) is 0 Å². The van der Waals surface area contributed by atoms with E-state index in [9.17, 15) is 4.79 Å². The van der Waals surface area contributed by atoms with Crippen molar-refractivity contribution < 1.29 is 15.0 Å². The average molecular weight is 229 g/mol. The Balaban J connectivity index is 4.48. The normalized spacial score (nSPS) is 12.5. The Morgan fingerprint density at radius 3 is 2.31 bits per heavy atom. The second-order valence-electron chi connectivity index (χ2n) is 3.99. The smallest absolute Gasteiger partial charge is 0.328 e. The van der Waals surface area contributed by atoms with E-state index >= 15 is 0 Å². The van der Waals surface area contributed by atoms with Crippen molar-refractivity contribution in [1.82, 2.24) is 4.90 Å². The highest BCUT2D eigenvalue weighted by Gasteiger charge is 2.14. The zero-order valence-corrected chi connectivity index (χ0v) is 10.4. The highest BCUT2D eigenvalue weighted by Crippen LogP contribution is 2.10. The van der Waals surface area contributed by atoms with Gasteiger partial charge in [-0.2, -0.15) is 0 Å². The van der Waals surface area contributed by atoms with Crippen LogP contribution in [0.5, 0.6) is 0 Å². The molecule has 0 rings (SSSR count). The molecule has 0 aliphatic carbocycles. The maximum Gasteiger partial charge on any atom is 0.328 e. The first-order valence-electron chi connectivity index (χ1n) is 5.80. The standard InChI is InChI=1S/C12H23NO3/c1-4-11(5-2)13(6-7-14)9-10(3)8-12(15)16/h8,11,14H,4-7,9H2,1-3H3,(H,15,16). The van der Waals surface area contributed by atoms with Gasteiger partial charge in [0.2, 0.25) is 0 Å².